The number of rotatable bonds is 5. The molecule has 0 radical (unpaired) electrons. The van der Waals surface area contributed by atoms with Gasteiger partial charge in [0.2, 0.25) is 0 Å². The third-order valence-electron chi connectivity index (χ3n) is 4.79. The number of fused-ring (bicyclic) bond motifs is 1. The lowest BCUT2D eigenvalue weighted by atomic mass is 10.0. The van der Waals surface area contributed by atoms with Crippen LogP contribution in [0.5, 0.6) is 5.75 Å². The zero-order valence-corrected chi connectivity index (χ0v) is 17.0. The Bertz CT molecular complexity index is 1290. The fraction of sp³-hybridized carbons (Fsp3) is 0.0417. The van der Waals surface area contributed by atoms with Gasteiger partial charge in [0.05, 0.1) is 17.7 Å². The predicted molar refractivity (Wildman–Crippen MR) is 117 cm³/mol. The summed E-state index contributed by atoms with van der Waals surface area (Å²) in [6.45, 7) is 0. The Morgan fingerprint density at radius 2 is 1.40 bits per heavy atom. The molecule has 0 aliphatic heterocycles. The van der Waals surface area contributed by atoms with Gasteiger partial charge in [-0.25, -0.2) is 8.42 Å². The molecule has 0 saturated heterocycles. The highest BCUT2D eigenvalue weighted by Crippen LogP contribution is 2.29. The molecule has 0 atom stereocenters. The third-order valence-corrected chi connectivity index (χ3v) is 6.52. The summed E-state index contributed by atoms with van der Waals surface area (Å²) >= 11 is 0. The van der Waals surface area contributed by atoms with Gasteiger partial charge in [-0.3, -0.25) is 4.79 Å². The van der Waals surface area contributed by atoms with Crippen LogP contribution >= 0.6 is 0 Å². The Balaban J connectivity index is 1.91. The summed E-state index contributed by atoms with van der Waals surface area (Å²) in [6.07, 6.45) is 0. The zero-order valence-electron chi connectivity index (χ0n) is 16.2. The molecular weight excluding hydrogens is 398 g/mol. The molecule has 0 unspecified atom stereocenters. The number of hydrogen-bond acceptors (Lipinski definition) is 4. The van der Waals surface area contributed by atoms with Gasteiger partial charge in [0, 0.05) is 5.56 Å². The quantitative estimate of drug-likeness (QED) is 0.464. The van der Waals surface area contributed by atoms with E-state index >= 15 is 0 Å². The van der Waals surface area contributed by atoms with Crippen LogP contribution in [0.15, 0.2) is 102 Å². The van der Waals surface area contributed by atoms with Crippen LogP contribution in [0.25, 0.3) is 10.8 Å². The molecule has 0 spiro atoms. The highest BCUT2D eigenvalue weighted by molar-refractivity contribution is 7.93. The molecule has 4 aromatic carbocycles. The number of benzene rings is 4. The number of nitrogens with zero attached hydrogens (tertiary/aromatic N) is 1. The van der Waals surface area contributed by atoms with Crippen LogP contribution in [0, 0.1) is 0 Å². The van der Waals surface area contributed by atoms with Crippen molar-refractivity contribution < 1.29 is 17.9 Å². The molecule has 0 N–H and O–H groups in total. The van der Waals surface area contributed by atoms with Crippen LogP contribution in [0.4, 0.5) is 5.69 Å². The van der Waals surface area contributed by atoms with E-state index in [-0.39, 0.29) is 10.6 Å². The van der Waals surface area contributed by atoms with Gasteiger partial charge in [-0.05, 0) is 53.2 Å². The Morgan fingerprint density at radius 1 is 0.767 bits per heavy atom. The maximum Gasteiger partial charge on any atom is 0.272 e. The minimum absolute atomic E-state index is 0.0365. The van der Waals surface area contributed by atoms with E-state index < -0.39 is 15.9 Å². The molecule has 4 aromatic rings. The molecule has 0 heterocycles. The van der Waals surface area contributed by atoms with Crippen LogP contribution in [0.3, 0.4) is 0 Å². The third kappa shape index (κ3) is 3.53. The normalized spacial score (nSPS) is 11.2. The monoisotopic (exact) mass is 417 g/mol. The van der Waals surface area contributed by atoms with Gasteiger partial charge in [-0.15, -0.1) is 0 Å². The van der Waals surface area contributed by atoms with E-state index in [1.165, 1.54) is 19.2 Å². The van der Waals surface area contributed by atoms with Gasteiger partial charge in [-0.1, -0.05) is 54.6 Å². The highest BCUT2D eigenvalue weighted by Gasteiger charge is 2.32. The summed E-state index contributed by atoms with van der Waals surface area (Å²) in [5.41, 5.74) is 0.543. The van der Waals surface area contributed by atoms with E-state index in [1.807, 2.05) is 30.3 Å². The molecule has 0 aromatic heterocycles. The number of anilines is 1. The molecule has 1 amide bonds. The van der Waals surface area contributed by atoms with E-state index in [9.17, 15) is 13.2 Å². The first-order valence-corrected chi connectivity index (χ1v) is 10.7. The van der Waals surface area contributed by atoms with Gasteiger partial charge in [0.15, 0.2) is 0 Å². The number of methoxy groups -OCH3 is 1. The first kappa shape index (κ1) is 19.7. The predicted octanol–water partition coefficient (Wildman–Crippen LogP) is 4.88. The summed E-state index contributed by atoms with van der Waals surface area (Å²) in [5, 5.41) is 1.54. The first-order chi connectivity index (χ1) is 14.5. The zero-order chi connectivity index (χ0) is 21.1. The van der Waals surface area contributed by atoms with Crippen LogP contribution in [0.2, 0.25) is 0 Å². The minimum Gasteiger partial charge on any atom is -0.497 e. The van der Waals surface area contributed by atoms with Gasteiger partial charge >= 0.3 is 0 Å². The van der Waals surface area contributed by atoms with E-state index in [2.05, 4.69) is 0 Å². The van der Waals surface area contributed by atoms with E-state index in [0.717, 1.165) is 9.69 Å². The van der Waals surface area contributed by atoms with Crippen LogP contribution < -0.4 is 9.04 Å². The maximum atomic E-state index is 13.6. The molecular formula is C24H19NO4S. The largest absolute Gasteiger partial charge is 0.497 e. The van der Waals surface area contributed by atoms with Gasteiger partial charge in [-0.2, -0.15) is 4.31 Å². The van der Waals surface area contributed by atoms with Crippen molar-refractivity contribution in [3.05, 3.63) is 103 Å². The Hall–Kier alpha value is -3.64. The van der Waals surface area contributed by atoms with Gasteiger partial charge < -0.3 is 4.74 Å². The standard InChI is InChI=1S/C24H19NO4S/c1-29-20-16-14-19(15-17-20)25(30(27,28)21-10-3-2-4-11-21)24(26)23-13-7-9-18-8-5-6-12-22(18)23/h2-17H,1H3. The minimum atomic E-state index is -4.15. The van der Waals surface area contributed by atoms with Gasteiger partial charge in [0.25, 0.3) is 15.9 Å². The lowest BCUT2D eigenvalue weighted by Gasteiger charge is -2.23. The number of amides is 1. The number of sulfonamides is 1. The first-order valence-electron chi connectivity index (χ1n) is 9.29. The van der Waals surface area contributed by atoms with Crippen LogP contribution in [0.1, 0.15) is 10.4 Å². The van der Waals surface area contributed by atoms with Crippen molar-refractivity contribution in [1.82, 2.24) is 0 Å². The summed E-state index contributed by atoms with van der Waals surface area (Å²) < 4.78 is 33.0. The molecule has 0 aliphatic carbocycles. The Morgan fingerprint density at radius 3 is 2.10 bits per heavy atom. The maximum absolute atomic E-state index is 13.6. The number of hydrogen-bond donors (Lipinski definition) is 0. The SMILES string of the molecule is COc1ccc(N(C(=O)c2cccc3ccccc23)S(=O)(=O)c2ccccc2)cc1. The highest BCUT2D eigenvalue weighted by atomic mass is 32.2. The second-order valence-electron chi connectivity index (χ2n) is 6.61. The summed E-state index contributed by atoms with van der Waals surface area (Å²) in [4.78, 5) is 13.7. The second kappa shape index (κ2) is 8.00. The lowest BCUT2D eigenvalue weighted by molar-refractivity contribution is 0.101. The number of carbonyl (C=O) groups is 1. The molecule has 0 saturated carbocycles. The van der Waals surface area contributed by atoms with Crippen molar-refractivity contribution in [3.8, 4) is 5.75 Å². The van der Waals surface area contributed by atoms with Crippen LogP contribution in [-0.4, -0.2) is 21.4 Å². The molecule has 6 heteroatoms. The fourth-order valence-corrected chi connectivity index (χ4v) is 4.73. The van der Waals surface area contributed by atoms with Crippen molar-refractivity contribution in [1.29, 1.82) is 0 Å². The van der Waals surface area contributed by atoms with Gasteiger partial charge in [0.1, 0.15) is 5.75 Å². The summed E-state index contributed by atoms with van der Waals surface area (Å²) in [6, 6.07) is 27.0. The summed E-state index contributed by atoms with van der Waals surface area (Å²) in [5.74, 6) is -0.0609. The number of ether oxygens (including phenoxy) is 1. The van der Waals surface area contributed by atoms with Crippen molar-refractivity contribution in [3.63, 3.8) is 0 Å². The van der Waals surface area contributed by atoms with E-state index in [0.29, 0.717) is 16.7 Å². The smallest absolute Gasteiger partial charge is 0.272 e. The molecule has 0 aliphatic rings. The van der Waals surface area contributed by atoms with Crippen molar-refractivity contribution in [2.24, 2.45) is 0 Å². The Kier molecular flexibility index (Phi) is 5.25. The van der Waals surface area contributed by atoms with E-state index in [1.54, 1.807) is 54.6 Å². The molecule has 0 bridgehead atoms. The van der Waals surface area contributed by atoms with Crippen molar-refractivity contribution in [2.45, 2.75) is 4.90 Å². The molecule has 0 fully saturated rings. The Labute approximate surface area is 175 Å². The summed E-state index contributed by atoms with van der Waals surface area (Å²) in [7, 11) is -2.62. The van der Waals surface area contributed by atoms with Crippen LogP contribution in [-0.2, 0) is 10.0 Å². The topological polar surface area (TPSA) is 63.7 Å². The second-order valence-corrected chi connectivity index (χ2v) is 8.40. The van der Waals surface area contributed by atoms with Crippen molar-refractivity contribution >= 4 is 32.4 Å². The molecule has 5 nitrogen and oxygen atoms in total. The van der Waals surface area contributed by atoms with Crippen molar-refractivity contribution in [2.75, 3.05) is 11.4 Å². The molecule has 150 valence electrons. The molecule has 30 heavy (non-hydrogen) atoms. The van der Waals surface area contributed by atoms with E-state index in [4.69, 9.17) is 4.74 Å². The fourth-order valence-electron chi connectivity index (χ4n) is 3.30. The number of carbonyl (C=O) groups excluding carboxylic acids is 1. The molecule has 4 rings (SSSR count). The average Bonchev–Trinajstić information content (AvgIpc) is 2.79. The lowest BCUT2D eigenvalue weighted by Crippen LogP contribution is -2.37. The average molecular weight is 417 g/mol.